The van der Waals surface area contributed by atoms with Crippen molar-refractivity contribution in [2.45, 2.75) is 25.3 Å². The van der Waals surface area contributed by atoms with Gasteiger partial charge < -0.3 is 9.69 Å². The van der Waals surface area contributed by atoms with Crippen molar-refractivity contribution in [3.63, 3.8) is 0 Å². The van der Waals surface area contributed by atoms with Crippen molar-refractivity contribution >= 4 is 34.7 Å². The van der Waals surface area contributed by atoms with Crippen LogP contribution in [0.5, 0.6) is 0 Å². The van der Waals surface area contributed by atoms with Crippen molar-refractivity contribution in [2.24, 2.45) is 0 Å². The molecule has 0 amide bonds. The monoisotopic (exact) mass is 317 g/mol. The maximum absolute atomic E-state index is 11.0. The highest BCUT2D eigenvalue weighted by atomic mass is 127. The highest BCUT2D eigenvalue weighted by molar-refractivity contribution is 14.1. The summed E-state index contributed by atoms with van der Waals surface area (Å²) in [5, 5.41) is 0. The number of anilines is 1. The van der Waals surface area contributed by atoms with Gasteiger partial charge in [0.15, 0.2) is 0 Å². The van der Waals surface area contributed by atoms with Gasteiger partial charge in [0, 0.05) is 12.7 Å². The van der Waals surface area contributed by atoms with E-state index in [2.05, 4.69) is 37.5 Å². The number of piperidine rings is 1. The van der Waals surface area contributed by atoms with E-state index in [-0.39, 0.29) is 6.04 Å². The third kappa shape index (κ3) is 2.27. The Labute approximate surface area is 102 Å². The zero-order chi connectivity index (χ0) is 10.7. The van der Waals surface area contributed by atoms with E-state index in [9.17, 15) is 4.79 Å². The first-order valence-corrected chi connectivity index (χ1v) is 6.08. The summed E-state index contributed by atoms with van der Waals surface area (Å²) in [6, 6.07) is -0.0119. The van der Waals surface area contributed by atoms with Crippen LogP contribution in [0.1, 0.15) is 19.3 Å². The van der Waals surface area contributed by atoms with Gasteiger partial charge in [-0.3, -0.25) is 0 Å². The zero-order valence-electron chi connectivity index (χ0n) is 8.27. The molecule has 15 heavy (non-hydrogen) atoms. The first-order chi connectivity index (χ1) is 7.33. The first kappa shape index (κ1) is 10.8. The molecule has 2 rings (SSSR count). The SMILES string of the molecule is O=CC1CCCCN1c1ncncc1I. The maximum atomic E-state index is 11.0. The summed E-state index contributed by atoms with van der Waals surface area (Å²) < 4.78 is 1.00. The number of hydrogen-bond donors (Lipinski definition) is 0. The van der Waals surface area contributed by atoms with Crippen LogP contribution in [-0.4, -0.2) is 28.8 Å². The van der Waals surface area contributed by atoms with Crippen LogP contribution in [0.4, 0.5) is 5.82 Å². The van der Waals surface area contributed by atoms with Gasteiger partial charge in [0.2, 0.25) is 0 Å². The minimum absolute atomic E-state index is 0.0119. The molecule has 1 aliphatic heterocycles. The van der Waals surface area contributed by atoms with Crippen LogP contribution in [-0.2, 0) is 4.79 Å². The molecule has 0 aliphatic carbocycles. The quantitative estimate of drug-likeness (QED) is 0.614. The summed E-state index contributed by atoms with van der Waals surface area (Å²) in [4.78, 5) is 21.3. The molecule has 2 heterocycles. The summed E-state index contributed by atoms with van der Waals surface area (Å²) in [5.41, 5.74) is 0. The van der Waals surface area contributed by atoms with Crippen molar-refractivity contribution in [1.29, 1.82) is 0 Å². The van der Waals surface area contributed by atoms with Crippen LogP contribution in [0.2, 0.25) is 0 Å². The lowest BCUT2D eigenvalue weighted by molar-refractivity contribution is -0.109. The Balaban J connectivity index is 2.28. The van der Waals surface area contributed by atoms with Crippen molar-refractivity contribution < 1.29 is 4.79 Å². The zero-order valence-corrected chi connectivity index (χ0v) is 10.4. The van der Waals surface area contributed by atoms with E-state index < -0.39 is 0 Å². The molecule has 5 heteroatoms. The highest BCUT2D eigenvalue weighted by Gasteiger charge is 2.24. The molecule has 0 N–H and O–H groups in total. The minimum atomic E-state index is -0.0119. The number of carbonyl (C=O) groups is 1. The van der Waals surface area contributed by atoms with Gasteiger partial charge in [-0.05, 0) is 41.9 Å². The number of halogens is 1. The standard InChI is InChI=1S/C10H12IN3O/c11-9-5-12-7-13-10(9)14-4-2-1-3-8(14)6-15/h5-8H,1-4H2. The molecular weight excluding hydrogens is 305 g/mol. The summed E-state index contributed by atoms with van der Waals surface area (Å²) in [6.45, 7) is 0.913. The average molecular weight is 317 g/mol. The van der Waals surface area contributed by atoms with Crippen LogP contribution in [0, 0.1) is 3.57 Å². The second-order valence-corrected chi connectivity index (χ2v) is 4.75. The van der Waals surface area contributed by atoms with E-state index in [1.807, 2.05) is 0 Å². The lowest BCUT2D eigenvalue weighted by Gasteiger charge is -2.33. The molecule has 1 saturated heterocycles. The summed E-state index contributed by atoms with van der Waals surface area (Å²) in [6.07, 6.45) is 7.53. The number of carbonyl (C=O) groups excluding carboxylic acids is 1. The maximum Gasteiger partial charge on any atom is 0.146 e. The fourth-order valence-corrected chi connectivity index (χ4v) is 2.49. The van der Waals surface area contributed by atoms with Gasteiger partial charge in [-0.1, -0.05) is 0 Å². The molecule has 0 bridgehead atoms. The van der Waals surface area contributed by atoms with Crippen LogP contribution in [0.15, 0.2) is 12.5 Å². The fourth-order valence-electron chi connectivity index (χ4n) is 1.88. The Morgan fingerprint density at radius 3 is 3.13 bits per heavy atom. The summed E-state index contributed by atoms with van der Waals surface area (Å²) >= 11 is 2.21. The molecule has 0 radical (unpaired) electrons. The van der Waals surface area contributed by atoms with Crippen LogP contribution < -0.4 is 4.90 Å². The summed E-state index contributed by atoms with van der Waals surface area (Å²) in [5.74, 6) is 0.891. The molecule has 0 saturated carbocycles. The molecule has 1 aromatic heterocycles. The number of aldehydes is 1. The Morgan fingerprint density at radius 1 is 1.53 bits per heavy atom. The van der Waals surface area contributed by atoms with E-state index in [0.29, 0.717) is 0 Å². The van der Waals surface area contributed by atoms with Crippen LogP contribution in [0.25, 0.3) is 0 Å². The first-order valence-electron chi connectivity index (χ1n) is 5.00. The Morgan fingerprint density at radius 2 is 2.40 bits per heavy atom. The van der Waals surface area contributed by atoms with Crippen molar-refractivity contribution in [3.05, 3.63) is 16.1 Å². The predicted molar refractivity (Wildman–Crippen MR) is 65.8 cm³/mol. The molecule has 1 fully saturated rings. The Hall–Kier alpha value is -0.720. The lowest BCUT2D eigenvalue weighted by atomic mass is 10.0. The number of rotatable bonds is 2. The third-order valence-corrected chi connectivity index (χ3v) is 3.39. The van der Waals surface area contributed by atoms with Gasteiger partial charge in [-0.25, -0.2) is 9.97 Å². The molecule has 0 spiro atoms. The molecule has 1 aliphatic rings. The third-order valence-electron chi connectivity index (χ3n) is 2.63. The molecule has 1 aromatic rings. The topological polar surface area (TPSA) is 46.1 Å². The van der Waals surface area contributed by atoms with Gasteiger partial charge in [0.05, 0.1) is 9.61 Å². The predicted octanol–water partition coefficient (Wildman–Crippen LogP) is 1.64. The number of hydrogen-bond acceptors (Lipinski definition) is 4. The highest BCUT2D eigenvalue weighted by Crippen LogP contribution is 2.25. The fraction of sp³-hybridized carbons (Fsp3) is 0.500. The van der Waals surface area contributed by atoms with Gasteiger partial charge in [0.25, 0.3) is 0 Å². The van der Waals surface area contributed by atoms with E-state index in [4.69, 9.17) is 0 Å². The molecule has 0 aromatic carbocycles. The van der Waals surface area contributed by atoms with Crippen molar-refractivity contribution in [1.82, 2.24) is 9.97 Å². The lowest BCUT2D eigenvalue weighted by Crippen LogP contribution is -2.41. The van der Waals surface area contributed by atoms with E-state index in [1.54, 1.807) is 6.20 Å². The van der Waals surface area contributed by atoms with Crippen molar-refractivity contribution in [3.8, 4) is 0 Å². The normalized spacial score (nSPS) is 21.4. The van der Waals surface area contributed by atoms with E-state index in [0.717, 1.165) is 41.5 Å². The second-order valence-electron chi connectivity index (χ2n) is 3.59. The Bertz CT molecular complexity index is 358. The summed E-state index contributed by atoms with van der Waals surface area (Å²) in [7, 11) is 0. The van der Waals surface area contributed by atoms with Gasteiger partial charge in [-0.2, -0.15) is 0 Å². The van der Waals surface area contributed by atoms with E-state index in [1.165, 1.54) is 6.33 Å². The Kier molecular flexibility index (Phi) is 3.50. The van der Waals surface area contributed by atoms with Gasteiger partial charge in [0.1, 0.15) is 18.4 Å². The largest absolute Gasteiger partial charge is 0.346 e. The smallest absolute Gasteiger partial charge is 0.146 e. The molecule has 1 unspecified atom stereocenters. The van der Waals surface area contributed by atoms with Crippen molar-refractivity contribution in [2.75, 3.05) is 11.4 Å². The minimum Gasteiger partial charge on any atom is -0.346 e. The average Bonchev–Trinajstić information content (AvgIpc) is 2.30. The molecule has 4 nitrogen and oxygen atoms in total. The van der Waals surface area contributed by atoms with Crippen LogP contribution in [0.3, 0.4) is 0 Å². The van der Waals surface area contributed by atoms with Gasteiger partial charge >= 0.3 is 0 Å². The number of aromatic nitrogens is 2. The molecule has 80 valence electrons. The second kappa shape index (κ2) is 4.87. The molecule has 1 atom stereocenters. The number of nitrogens with zero attached hydrogens (tertiary/aromatic N) is 3. The van der Waals surface area contributed by atoms with E-state index >= 15 is 0 Å². The van der Waals surface area contributed by atoms with Gasteiger partial charge in [-0.15, -0.1) is 0 Å². The molecular formula is C10H12IN3O. The van der Waals surface area contributed by atoms with Crippen LogP contribution >= 0.6 is 22.6 Å².